The van der Waals surface area contributed by atoms with Crippen LogP contribution in [-0.4, -0.2) is 59.9 Å². The second kappa shape index (κ2) is 9.69. The third kappa shape index (κ3) is 4.35. The first-order valence-corrected chi connectivity index (χ1v) is 13.4. The van der Waals surface area contributed by atoms with Crippen LogP contribution in [0.3, 0.4) is 0 Å². The Morgan fingerprint density at radius 1 is 1.16 bits per heavy atom. The van der Waals surface area contributed by atoms with Gasteiger partial charge < -0.3 is 25.6 Å². The lowest BCUT2D eigenvalue weighted by Crippen LogP contribution is -2.63. The van der Waals surface area contributed by atoms with Gasteiger partial charge in [0.2, 0.25) is 5.91 Å². The van der Waals surface area contributed by atoms with Gasteiger partial charge in [0.05, 0.1) is 6.10 Å². The topological polar surface area (TPSA) is 157 Å². The predicted octanol–water partition coefficient (Wildman–Crippen LogP) is 2.43. The van der Waals surface area contributed by atoms with E-state index in [9.17, 15) is 24.3 Å². The highest BCUT2D eigenvalue weighted by molar-refractivity contribution is 5.88. The van der Waals surface area contributed by atoms with Gasteiger partial charge in [0.25, 0.3) is 0 Å². The smallest absolute Gasteiger partial charge is 0.416 e. The summed E-state index contributed by atoms with van der Waals surface area (Å²) in [5.41, 5.74) is 3.48. The van der Waals surface area contributed by atoms with Crippen LogP contribution in [0.1, 0.15) is 66.2 Å². The molecule has 37 heavy (non-hydrogen) atoms. The molecule has 1 unspecified atom stereocenters. The zero-order valence-corrected chi connectivity index (χ0v) is 22.2. The van der Waals surface area contributed by atoms with E-state index in [-0.39, 0.29) is 30.0 Å². The van der Waals surface area contributed by atoms with Crippen LogP contribution in [-0.2, 0) is 19.1 Å². The first-order valence-electron chi connectivity index (χ1n) is 13.4. The molecule has 4 aliphatic rings. The Hall–Kier alpha value is -2.46. The van der Waals surface area contributed by atoms with Gasteiger partial charge in [-0.25, -0.2) is 14.9 Å². The molecular formula is C27H41N3O7. The van der Waals surface area contributed by atoms with Gasteiger partial charge in [-0.05, 0) is 55.9 Å². The summed E-state index contributed by atoms with van der Waals surface area (Å²) in [7, 11) is 0. The maximum Gasteiger partial charge on any atom is 0.416 e. The molecule has 1 saturated heterocycles. The number of nitrogens with two attached hydrogens (primary N) is 1. The quantitative estimate of drug-likeness (QED) is 0.413. The molecule has 0 spiro atoms. The number of primary amides is 1. The van der Waals surface area contributed by atoms with Crippen molar-refractivity contribution in [2.75, 3.05) is 6.54 Å². The molecule has 0 radical (unpaired) electrons. The SMILES string of the molecule is C=C[C@]1(C)C[C@@H](OC(=O)NC(=O)O[C@@H]2CCN[C@H]2C(N)=O)[C@@]2(C)C(C)CC[C@]3(CCC(=O)[C@H]32)[C@@H](C)[C@@H]1O. The number of alkyl carbamates (subject to hydrolysis) is 2. The number of rotatable bonds is 4. The van der Waals surface area contributed by atoms with Crippen LogP contribution < -0.4 is 16.4 Å². The second-order valence-corrected chi connectivity index (χ2v) is 12.2. The number of amides is 3. The number of imide groups is 1. The van der Waals surface area contributed by atoms with Crippen molar-refractivity contribution in [2.24, 2.45) is 39.7 Å². The van der Waals surface area contributed by atoms with E-state index in [1.54, 1.807) is 6.08 Å². The summed E-state index contributed by atoms with van der Waals surface area (Å²) >= 11 is 0. The third-order valence-corrected chi connectivity index (χ3v) is 10.5. The largest absolute Gasteiger partial charge is 0.445 e. The Balaban J connectivity index is 1.61. The number of Topliss-reactive ketones (excluding diaryl/α,β-unsaturated/α-hetero) is 1. The van der Waals surface area contributed by atoms with Crippen LogP contribution in [0.2, 0.25) is 0 Å². The number of hydrogen-bond donors (Lipinski definition) is 4. The molecule has 3 saturated carbocycles. The summed E-state index contributed by atoms with van der Waals surface area (Å²) < 4.78 is 11.2. The van der Waals surface area contributed by atoms with Crippen molar-refractivity contribution in [3.63, 3.8) is 0 Å². The van der Waals surface area contributed by atoms with Crippen LogP contribution in [0, 0.1) is 34.0 Å². The van der Waals surface area contributed by atoms with E-state index in [1.807, 2.05) is 20.8 Å². The molecule has 4 fully saturated rings. The zero-order valence-electron chi connectivity index (χ0n) is 22.2. The van der Waals surface area contributed by atoms with Gasteiger partial charge in [-0.1, -0.05) is 33.8 Å². The molecule has 2 bridgehead atoms. The van der Waals surface area contributed by atoms with Gasteiger partial charge in [0.1, 0.15) is 24.0 Å². The Morgan fingerprint density at radius 3 is 2.49 bits per heavy atom. The van der Waals surface area contributed by atoms with Gasteiger partial charge in [-0.15, -0.1) is 6.58 Å². The molecule has 10 nitrogen and oxygen atoms in total. The van der Waals surface area contributed by atoms with E-state index in [4.69, 9.17) is 15.2 Å². The Bertz CT molecular complexity index is 987. The number of aliphatic hydroxyl groups excluding tert-OH is 1. The molecule has 10 heteroatoms. The van der Waals surface area contributed by atoms with Crippen LogP contribution in [0.5, 0.6) is 0 Å². The molecule has 206 valence electrons. The minimum atomic E-state index is -1.04. The minimum absolute atomic E-state index is 0.0647. The molecule has 5 N–H and O–H groups in total. The predicted molar refractivity (Wildman–Crippen MR) is 134 cm³/mol. The highest BCUT2D eigenvalue weighted by Crippen LogP contribution is 2.67. The van der Waals surface area contributed by atoms with Crippen molar-refractivity contribution in [3.05, 3.63) is 12.7 Å². The summed E-state index contributed by atoms with van der Waals surface area (Å²) in [5.74, 6) is -0.937. The molecule has 1 aliphatic heterocycles. The van der Waals surface area contributed by atoms with Gasteiger partial charge in [0.15, 0.2) is 0 Å². The first-order chi connectivity index (χ1) is 17.3. The average molecular weight is 520 g/mol. The van der Waals surface area contributed by atoms with Gasteiger partial charge in [-0.3, -0.25) is 9.59 Å². The zero-order chi connectivity index (χ0) is 27.3. The third-order valence-electron chi connectivity index (χ3n) is 10.5. The fourth-order valence-electron chi connectivity index (χ4n) is 8.00. The number of hydrogen-bond acceptors (Lipinski definition) is 8. The monoisotopic (exact) mass is 519 g/mol. The van der Waals surface area contributed by atoms with Crippen molar-refractivity contribution in [1.29, 1.82) is 0 Å². The van der Waals surface area contributed by atoms with E-state index < -0.39 is 58.7 Å². The van der Waals surface area contributed by atoms with Crippen LogP contribution >= 0.6 is 0 Å². The van der Waals surface area contributed by atoms with Crippen molar-refractivity contribution in [1.82, 2.24) is 10.6 Å². The highest BCUT2D eigenvalue weighted by Gasteiger charge is 2.68. The average Bonchev–Trinajstić information content (AvgIpc) is 3.44. The van der Waals surface area contributed by atoms with Crippen LogP contribution in [0.25, 0.3) is 0 Å². The van der Waals surface area contributed by atoms with Crippen molar-refractivity contribution < 1.29 is 33.8 Å². The molecule has 0 aromatic heterocycles. The standard InChI is InChI=1S/C27H41N3O7/c1-6-25(4)13-18(37-24(35)30-23(34)36-17-9-12-29-19(17)22(28)33)26(5)14(2)7-10-27(15(3)21(25)32)11-8-16(31)20(26)27/h6,14-15,17-21,29,32H,1,7-13H2,2-5H3,(H2,28,33)(H,30,34,35)/t14?,15-,17+,18+,19+,20-,21-,25+,26+,27-/m0/s1. The number of ether oxygens (including phenoxy) is 2. The molecule has 0 aromatic rings. The molecule has 3 amide bonds. The fourth-order valence-corrected chi connectivity index (χ4v) is 8.00. The van der Waals surface area contributed by atoms with Crippen LogP contribution in [0.15, 0.2) is 12.7 Å². The number of carbonyl (C=O) groups is 4. The molecule has 3 aliphatic carbocycles. The Labute approximate surface area is 218 Å². The van der Waals surface area contributed by atoms with Crippen molar-refractivity contribution in [2.45, 2.75) is 90.6 Å². The Morgan fingerprint density at radius 2 is 1.84 bits per heavy atom. The number of ketones is 1. The normalized spacial score (nSPS) is 45.2. The van der Waals surface area contributed by atoms with Gasteiger partial charge >= 0.3 is 12.2 Å². The molecular weight excluding hydrogens is 478 g/mol. The van der Waals surface area contributed by atoms with E-state index in [1.165, 1.54) is 0 Å². The van der Waals surface area contributed by atoms with E-state index in [0.717, 1.165) is 12.8 Å². The second-order valence-electron chi connectivity index (χ2n) is 12.2. The fraction of sp³-hybridized carbons (Fsp3) is 0.778. The lowest BCUT2D eigenvalue weighted by molar-refractivity contribution is -0.191. The van der Waals surface area contributed by atoms with Crippen LogP contribution in [0.4, 0.5) is 9.59 Å². The number of carbonyl (C=O) groups excluding carboxylic acids is 4. The summed E-state index contributed by atoms with van der Waals surface area (Å²) in [6.45, 7) is 12.5. The van der Waals surface area contributed by atoms with E-state index in [2.05, 4.69) is 24.1 Å². The summed E-state index contributed by atoms with van der Waals surface area (Å²) in [6.07, 6.45) is 0.783. The molecule has 0 aromatic carbocycles. The lowest BCUT2D eigenvalue weighted by atomic mass is 9.44. The summed E-state index contributed by atoms with van der Waals surface area (Å²) in [6, 6.07) is -0.826. The molecule has 1 heterocycles. The van der Waals surface area contributed by atoms with Crippen molar-refractivity contribution >= 4 is 23.9 Å². The minimum Gasteiger partial charge on any atom is -0.445 e. The molecule has 4 rings (SSSR count). The maximum absolute atomic E-state index is 13.4. The molecule has 10 atom stereocenters. The summed E-state index contributed by atoms with van der Waals surface area (Å²) in [4.78, 5) is 50.5. The first kappa shape index (κ1) is 27.6. The van der Waals surface area contributed by atoms with Gasteiger partial charge in [0, 0.05) is 23.2 Å². The Kier molecular flexibility index (Phi) is 7.22. The van der Waals surface area contributed by atoms with Gasteiger partial charge in [-0.2, -0.15) is 0 Å². The van der Waals surface area contributed by atoms with E-state index in [0.29, 0.717) is 25.8 Å². The number of nitrogens with one attached hydrogen (secondary N) is 2. The highest BCUT2D eigenvalue weighted by atomic mass is 16.6. The maximum atomic E-state index is 13.4. The number of aliphatic hydroxyl groups is 1. The summed E-state index contributed by atoms with van der Waals surface area (Å²) in [5, 5.41) is 16.5. The lowest BCUT2D eigenvalue weighted by Gasteiger charge is -2.61. The van der Waals surface area contributed by atoms with Crippen molar-refractivity contribution in [3.8, 4) is 0 Å². The van der Waals surface area contributed by atoms with E-state index >= 15 is 0 Å².